The minimum absolute atomic E-state index is 0.156. The van der Waals surface area contributed by atoms with E-state index in [0.717, 1.165) is 17.3 Å². The van der Waals surface area contributed by atoms with Gasteiger partial charge >= 0.3 is 11.9 Å². The first-order valence-electron chi connectivity index (χ1n) is 7.10. The fourth-order valence-corrected chi connectivity index (χ4v) is 3.73. The maximum atomic E-state index is 12.7. The highest BCUT2D eigenvalue weighted by atomic mass is 32.2. The maximum absolute atomic E-state index is 12.7. The first-order chi connectivity index (χ1) is 12.0. The smallest absolute Gasteiger partial charge is 0.335 e. The lowest BCUT2D eigenvalue weighted by Gasteiger charge is -2.11. The third-order valence-electron chi connectivity index (χ3n) is 3.40. The second kappa shape index (κ2) is 7.08. The number of nitrogens with zero attached hydrogens (tertiary/aromatic N) is 2. The van der Waals surface area contributed by atoms with E-state index in [1.54, 1.807) is 23.6 Å². The van der Waals surface area contributed by atoms with Crippen LogP contribution in [0.1, 0.15) is 15.9 Å². The molecule has 2 aromatic heterocycles. The molecule has 3 aromatic rings. The zero-order valence-corrected chi connectivity index (χ0v) is 14.3. The Kier molecular flexibility index (Phi) is 4.86. The number of thioether (sulfide) groups is 1. The summed E-state index contributed by atoms with van der Waals surface area (Å²) in [7, 11) is 0. The largest absolute Gasteiger partial charge is 0.481 e. The first-order valence-corrected chi connectivity index (χ1v) is 8.97. The van der Waals surface area contributed by atoms with Crippen molar-refractivity contribution in [2.24, 2.45) is 0 Å². The summed E-state index contributed by atoms with van der Waals surface area (Å²) in [6.45, 7) is 0.182. The molecule has 2 heterocycles. The minimum Gasteiger partial charge on any atom is -0.481 e. The van der Waals surface area contributed by atoms with Gasteiger partial charge in [0.25, 0.3) is 5.56 Å². The number of fused-ring (bicyclic) bond motifs is 1. The molecule has 7 nitrogen and oxygen atoms in total. The lowest BCUT2D eigenvalue weighted by atomic mass is 10.1. The number of carboxylic acids is 2. The standard InChI is InChI=1S/C16H12N2O5S2/c19-12(20)8-25-16-17-11-5-6-24-13(11)14(21)18(16)7-9-1-3-10(4-2-9)15(22)23/h1-6H,7-8H2,(H,19,20)(H,22,23). The molecule has 1 aromatic carbocycles. The molecule has 0 unspecified atom stereocenters. The monoisotopic (exact) mass is 376 g/mol. The summed E-state index contributed by atoms with van der Waals surface area (Å²) < 4.78 is 1.92. The topological polar surface area (TPSA) is 109 Å². The van der Waals surface area contributed by atoms with Gasteiger partial charge in [0.05, 0.1) is 23.4 Å². The van der Waals surface area contributed by atoms with Crippen LogP contribution in [0.5, 0.6) is 0 Å². The molecule has 25 heavy (non-hydrogen) atoms. The van der Waals surface area contributed by atoms with Crippen LogP contribution in [-0.2, 0) is 11.3 Å². The van der Waals surface area contributed by atoms with E-state index in [0.29, 0.717) is 15.4 Å². The number of carbonyl (C=O) groups is 2. The fourth-order valence-electron chi connectivity index (χ4n) is 2.23. The van der Waals surface area contributed by atoms with Crippen molar-refractivity contribution < 1.29 is 19.8 Å². The van der Waals surface area contributed by atoms with Crippen molar-refractivity contribution in [2.75, 3.05) is 5.75 Å². The van der Waals surface area contributed by atoms with Crippen molar-refractivity contribution in [3.05, 3.63) is 57.2 Å². The highest BCUT2D eigenvalue weighted by molar-refractivity contribution is 7.99. The van der Waals surface area contributed by atoms with Gasteiger partial charge in [-0.25, -0.2) is 9.78 Å². The Morgan fingerprint density at radius 1 is 1.16 bits per heavy atom. The zero-order chi connectivity index (χ0) is 18.0. The molecule has 0 saturated heterocycles. The molecular formula is C16H12N2O5S2. The number of carboxylic acid groups (broad SMARTS) is 2. The Balaban J connectivity index is 2.01. The first kappa shape index (κ1) is 17.2. The molecule has 0 amide bonds. The zero-order valence-electron chi connectivity index (χ0n) is 12.7. The summed E-state index contributed by atoms with van der Waals surface area (Å²) in [5, 5.41) is 19.9. The van der Waals surface area contributed by atoms with Gasteiger partial charge in [-0.3, -0.25) is 14.2 Å². The molecule has 3 rings (SSSR count). The fraction of sp³-hybridized carbons (Fsp3) is 0.125. The van der Waals surface area contributed by atoms with E-state index in [-0.39, 0.29) is 23.4 Å². The van der Waals surface area contributed by atoms with Crippen LogP contribution in [0.15, 0.2) is 45.7 Å². The molecule has 0 aliphatic carbocycles. The molecule has 0 aliphatic rings. The van der Waals surface area contributed by atoms with Crippen LogP contribution < -0.4 is 5.56 Å². The van der Waals surface area contributed by atoms with Gasteiger partial charge in [0.1, 0.15) is 4.70 Å². The molecular weight excluding hydrogens is 364 g/mol. The summed E-state index contributed by atoms with van der Waals surface area (Å²) in [6, 6.07) is 7.90. The van der Waals surface area contributed by atoms with E-state index in [9.17, 15) is 14.4 Å². The van der Waals surface area contributed by atoms with Crippen LogP contribution in [0.3, 0.4) is 0 Å². The van der Waals surface area contributed by atoms with E-state index in [1.165, 1.54) is 28.0 Å². The van der Waals surface area contributed by atoms with Gasteiger partial charge in [-0.15, -0.1) is 11.3 Å². The predicted octanol–water partition coefficient (Wildman–Crippen LogP) is 2.38. The SMILES string of the molecule is O=C(O)CSc1nc2ccsc2c(=O)n1Cc1ccc(C(=O)O)cc1. The molecule has 128 valence electrons. The number of aliphatic carboxylic acids is 1. The highest BCUT2D eigenvalue weighted by Crippen LogP contribution is 2.21. The third kappa shape index (κ3) is 3.72. The molecule has 0 fully saturated rings. The number of rotatable bonds is 6. The van der Waals surface area contributed by atoms with E-state index in [4.69, 9.17) is 10.2 Å². The average Bonchev–Trinajstić information content (AvgIpc) is 3.05. The van der Waals surface area contributed by atoms with Crippen LogP contribution >= 0.6 is 23.1 Å². The lowest BCUT2D eigenvalue weighted by Crippen LogP contribution is -2.23. The van der Waals surface area contributed by atoms with Crippen LogP contribution in [0.4, 0.5) is 0 Å². The summed E-state index contributed by atoms with van der Waals surface area (Å²) in [5.74, 6) is -2.23. The summed E-state index contributed by atoms with van der Waals surface area (Å²) >= 11 is 2.26. The maximum Gasteiger partial charge on any atom is 0.335 e. The van der Waals surface area contributed by atoms with Gasteiger partial charge < -0.3 is 10.2 Å². The van der Waals surface area contributed by atoms with Crippen LogP contribution in [0.2, 0.25) is 0 Å². The number of benzene rings is 1. The van der Waals surface area contributed by atoms with Crippen molar-refractivity contribution >= 4 is 45.3 Å². The molecule has 9 heteroatoms. The van der Waals surface area contributed by atoms with Gasteiger partial charge in [-0.1, -0.05) is 23.9 Å². The minimum atomic E-state index is -1.02. The average molecular weight is 376 g/mol. The molecule has 0 radical (unpaired) electrons. The Morgan fingerprint density at radius 3 is 2.52 bits per heavy atom. The third-order valence-corrected chi connectivity index (χ3v) is 5.25. The van der Waals surface area contributed by atoms with Crippen molar-refractivity contribution in [1.82, 2.24) is 9.55 Å². The van der Waals surface area contributed by atoms with Gasteiger partial charge in [0.2, 0.25) is 0 Å². The molecule has 0 bridgehead atoms. The number of aromatic carboxylic acids is 1. The molecule has 0 aliphatic heterocycles. The quantitative estimate of drug-likeness (QED) is 0.502. The predicted molar refractivity (Wildman–Crippen MR) is 94.7 cm³/mol. The second-order valence-electron chi connectivity index (χ2n) is 5.11. The van der Waals surface area contributed by atoms with E-state index >= 15 is 0 Å². The normalized spacial score (nSPS) is 10.9. The van der Waals surface area contributed by atoms with Crippen LogP contribution in [-0.4, -0.2) is 37.5 Å². The Morgan fingerprint density at radius 2 is 1.88 bits per heavy atom. The Bertz CT molecular complexity index is 1010. The lowest BCUT2D eigenvalue weighted by molar-refractivity contribution is -0.133. The second-order valence-corrected chi connectivity index (χ2v) is 6.96. The summed E-state index contributed by atoms with van der Waals surface area (Å²) in [6.07, 6.45) is 0. The van der Waals surface area contributed by atoms with Crippen molar-refractivity contribution in [2.45, 2.75) is 11.7 Å². The Labute approximate surface area is 149 Å². The van der Waals surface area contributed by atoms with E-state index in [2.05, 4.69) is 4.98 Å². The van der Waals surface area contributed by atoms with Crippen LogP contribution in [0, 0.1) is 0 Å². The van der Waals surface area contributed by atoms with Gasteiger partial charge in [-0.05, 0) is 29.1 Å². The van der Waals surface area contributed by atoms with Crippen molar-refractivity contribution in [3.8, 4) is 0 Å². The number of hydrogen-bond acceptors (Lipinski definition) is 6. The number of thiophene rings is 1. The molecule has 0 atom stereocenters. The van der Waals surface area contributed by atoms with E-state index < -0.39 is 11.9 Å². The van der Waals surface area contributed by atoms with Gasteiger partial charge in [0.15, 0.2) is 5.16 Å². The summed E-state index contributed by atoms with van der Waals surface area (Å²) in [4.78, 5) is 38.9. The van der Waals surface area contributed by atoms with Crippen LogP contribution in [0.25, 0.3) is 10.2 Å². The highest BCUT2D eigenvalue weighted by Gasteiger charge is 2.14. The summed E-state index contributed by atoms with van der Waals surface area (Å²) in [5.41, 5.74) is 1.18. The molecule has 0 saturated carbocycles. The molecule has 2 N–H and O–H groups in total. The van der Waals surface area contributed by atoms with Gasteiger partial charge in [-0.2, -0.15) is 0 Å². The van der Waals surface area contributed by atoms with Gasteiger partial charge in [0, 0.05) is 0 Å². The number of aromatic nitrogens is 2. The van der Waals surface area contributed by atoms with Crippen molar-refractivity contribution in [1.29, 1.82) is 0 Å². The van der Waals surface area contributed by atoms with Crippen molar-refractivity contribution in [3.63, 3.8) is 0 Å². The number of hydrogen-bond donors (Lipinski definition) is 2. The molecule has 0 spiro atoms. The Hall–Kier alpha value is -2.65. The van der Waals surface area contributed by atoms with E-state index in [1.807, 2.05) is 0 Å².